The maximum atomic E-state index is 14.5. The van der Waals surface area contributed by atoms with Crippen LogP contribution in [0.25, 0.3) is 0 Å². The molecule has 0 aliphatic heterocycles. The van der Waals surface area contributed by atoms with Crippen molar-refractivity contribution in [1.29, 1.82) is 0 Å². The molecule has 6 heteroatoms. The van der Waals surface area contributed by atoms with Gasteiger partial charge in [0.2, 0.25) is 0 Å². The molecule has 2 heterocycles. The summed E-state index contributed by atoms with van der Waals surface area (Å²) >= 11 is 1.67. The number of halogens is 1. The van der Waals surface area contributed by atoms with Crippen molar-refractivity contribution in [3.05, 3.63) is 29.1 Å². The van der Waals surface area contributed by atoms with E-state index in [4.69, 9.17) is 0 Å². The standard InChI is InChI=1S/C16H25FN4S/c1-15(2,3)14-12(17)10(19-21-14)7-8-16(4,5)13-11(22-6)9-18-20-13/h9H,7-8H2,1-6H3,(H,18,20)(H,19,21). The third-order valence-electron chi connectivity index (χ3n) is 3.99. The molecule has 22 heavy (non-hydrogen) atoms. The molecule has 0 saturated heterocycles. The van der Waals surface area contributed by atoms with Crippen molar-refractivity contribution in [2.45, 2.75) is 63.2 Å². The highest BCUT2D eigenvalue weighted by atomic mass is 32.2. The van der Waals surface area contributed by atoms with E-state index in [0.717, 1.165) is 17.0 Å². The molecule has 0 aliphatic carbocycles. The first-order valence-corrected chi connectivity index (χ1v) is 8.70. The number of aromatic nitrogens is 4. The van der Waals surface area contributed by atoms with Crippen molar-refractivity contribution in [2.24, 2.45) is 0 Å². The summed E-state index contributed by atoms with van der Waals surface area (Å²) in [6.07, 6.45) is 5.31. The molecule has 122 valence electrons. The molecule has 0 bridgehead atoms. The van der Waals surface area contributed by atoms with Gasteiger partial charge in [-0.15, -0.1) is 11.8 Å². The molecule has 0 fully saturated rings. The minimum Gasteiger partial charge on any atom is -0.281 e. The van der Waals surface area contributed by atoms with Crippen LogP contribution in [0.15, 0.2) is 11.1 Å². The molecule has 0 atom stereocenters. The molecule has 2 rings (SSSR count). The first-order chi connectivity index (χ1) is 10.2. The Balaban J connectivity index is 2.15. The predicted octanol–water partition coefficient (Wildman–Crippen LogP) is 4.20. The lowest BCUT2D eigenvalue weighted by Crippen LogP contribution is -2.20. The second-order valence-electron chi connectivity index (χ2n) is 7.31. The van der Waals surface area contributed by atoms with E-state index < -0.39 is 0 Å². The van der Waals surface area contributed by atoms with E-state index >= 15 is 0 Å². The molecule has 2 aromatic rings. The summed E-state index contributed by atoms with van der Waals surface area (Å²) in [5.41, 5.74) is 1.81. The Morgan fingerprint density at radius 3 is 2.41 bits per heavy atom. The molecule has 2 N–H and O–H groups in total. The molecule has 0 aliphatic rings. The molecule has 0 radical (unpaired) electrons. The number of H-pyrrole nitrogens is 2. The topological polar surface area (TPSA) is 57.4 Å². The summed E-state index contributed by atoms with van der Waals surface area (Å²) < 4.78 is 14.5. The summed E-state index contributed by atoms with van der Waals surface area (Å²) in [7, 11) is 0. The minimum atomic E-state index is -0.288. The van der Waals surface area contributed by atoms with Crippen LogP contribution in [0.5, 0.6) is 0 Å². The Morgan fingerprint density at radius 1 is 1.18 bits per heavy atom. The Kier molecular flexibility index (Phi) is 4.70. The zero-order valence-corrected chi connectivity index (χ0v) is 15.0. The Morgan fingerprint density at radius 2 is 1.86 bits per heavy atom. The van der Waals surface area contributed by atoms with E-state index in [9.17, 15) is 4.39 Å². The number of aryl methyl sites for hydroxylation is 1. The highest BCUT2D eigenvalue weighted by molar-refractivity contribution is 7.98. The van der Waals surface area contributed by atoms with Crippen LogP contribution >= 0.6 is 11.8 Å². The number of hydrogen-bond acceptors (Lipinski definition) is 3. The zero-order chi connectivity index (χ0) is 16.5. The molecular formula is C16H25FN4S. The molecule has 0 unspecified atom stereocenters. The molecule has 0 saturated carbocycles. The number of rotatable bonds is 5. The van der Waals surface area contributed by atoms with Crippen molar-refractivity contribution in [3.8, 4) is 0 Å². The zero-order valence-electron chi connectivity index (χ0n) is 14.2. The second kappa shape index (κ2) is 6.07. The number of aromatic amines is 2. The van der Waals surface area contributed by atoms with Gasteiger partial charge in [0.25, 0.3) is 0 Å². The van der Waals surface area contributed by atoms with Crippen LogP contribution in [-0.2, 0) is 17.3 Å². The third kappa shape index (κ3) is 3.37. The number of thioether (sulfide) groups is 1. The van der Waals surface area contributed by atoms with Crippen LogP contribution in [0.2, 0.25) is 0 Å². The van der Waals surface area contributed by atoms with Crippen molar-refractivity contribution in [1.82, 2.24) is 20.4 Å². The average Bonchev–Trinajstić information content (AvgIpc) is 3.02. The van der Waals surface area contributed by atoms with Crippen molar-refractivity contribution in [2.75, 3.05) is 6.26 Å². The molecule has 0 spiro atoms. The maximum absolute atomic E-state index is 14.5. The molecule has 4 nitrogen and oxygen atoms in total. The molecule has 0 aromatic carbocycles. The van der Waals surface area contributed by atoms with E-state index in [0.29, 0.717) is 17.8 Å². The van der Waals surface area contributed by atoms with Crippen LogP contribution in [0.4, 0.5) is 4.39 Å². The molecule has 0 amide bonds. The van der Waals surface area contributed by atoms with Crippen LogP contribution in [-0.4, -0.2) is 26.7 Å². The summed E-state index contributed by atoms with van der Waals surface area (Å²) in [6, 6.07) is 0. The number of hydrogen-bond donors (Lipinski definition) is 2. The maximum Gasteiger partial charge on any atom is 0.167 e. The minimum absolute atomic E-state index is 0.103. The van der Waals surface area contributed by atoms with Crippen LogP contribution in [0, 0.1) is 5.82 Å². The smallest absolute Gasteiger partial charge is 0.167 e. The van der Waals surface area contributed by atoms with Gasteiger partial charge in [0.1, 0.15) is 5.69 Å². The lowest BCUT2D eigenvalue weighted by Gasteiger charge is -2.24. The van der Waals surface area contributed by atoms with Gasteiger partial charge in [-0.1, -0.05) is 34.6 Å². The quantitative estimate of drug-likeness (QED) is 0.810. The van der Waals surface area contributed by atoms with Gasteiger partial charge in [0.05, 0.1) is 17.6 Å². The van der Waals surface area contributed by atoms with E-state index in [2.05, 4.69) is 34.2 Å². The van der Waals surface area contributed by atoms with Gasteiger partial charge in [-0.3, -0.25) is 10.2 Å². The Labute approximate surface area is 135 Å². The highest BCUT2D eigenvalue weighted by Gasteiger charge is 2.28. The summed E-state index contributed by atoms with van der Waals surface area (Å²) in [5, 5.41) is 14.2. The van der Waals surface area contributed by atoms with E-state index in [1.807, 2.05) is 33.2 Å². The van der Waals surface area contributed by atoms with Gasteiger partial charge in [-0.2, -0.15) is 10.2 Å². The van der Waals surface area contributed by atoms with Crippen LogP contribution in [0.1, 0.15) is 58.1 Å². The lowest BCUT2D eigenvalue weighted by molar-refractivity contribution is 0.447. The first kappa shape index (κ1) is 17.1. The van der Waals surface area contributed by atoms with Gasteiger partial charge >= 0.3 is 0 Å². The predicted molar refractivity (Wildman–Crippen MR) is 89.0 cm³/mol. The largest absolute Gasteiger partial charge is 0.281 e. The van der Waals surface area contributed by atoms with Crippen LogP contribution in [0.3, 0.4) is 0 Å². The molecular weight excluding hydrogens is 299 g/mol. The van der Waals surface area contributed by atoms with Gasteiger partial charge in [-0.05, 0) is 19.1 Å². The van der Waals surface area contributed by atoms with E-state index in [1.54, 1.807) is 11.8 Å². The number of nitrogens with one attached hydrogen (secondary N) is 2. The first-order valence-electron chi connectivity index (χ1n) is 7.48. The second-order valence-corrected chi connectivity index (χ2v) is 8.16. The van der Waals surface area contributed by atoms with Gasteiger partial charge in [0, 0.05) is 15.7 Å². The SMILES string of the molecule is CSc1cn[nH]c1C(C)(C)CCc1[nH]nc(C(C)(C)C)c1F. The normalized spacial score (nSPS) is 12.9. The van der Waals surface area contributed by atoms with Crippen molar-refractivity contribution in [3.63, 3.8) is 0 Å². The van der Waals surface area contributed by atoms with Crippen molar-refractivity contribution >= 4 is 11.8 Å². The van der Waals surface area contributed by atoms with E-state index in [-0.39, 0.29) is 16.6 Å². The van der Waals surface area contributed by atoms with E-state index in [1.165, 1.54) is 0 Å². The van der Waals surface area contributed by atoms with Crippen molar-refractivity contribution < 1.29 is 4.39 Å². The highest BCUT2D eigenvalue weighted by Crippen LogP contribution is 2.34. The van der Waals surface area contributed by atoms with Gasteiger partial charge in [-0.25, -0.2) is 4.39 Å². The Bertz CT molecular complexity index is 637. The average molecular weight is 324 g/mol. The fourth-order valence-corrected chi connectivity index (χ4v) is 3.19. The van der Waals surface area contributed by atoms with Crippen LogP contribution < -0.4 is 0 Å². The molecule has 2 aromatic heterocycles. The summed E-state index contributed by atoms with van der Waals surface area (Å²) in [4.78, 5) is 1.14. The summed E-state index contributed by atoms with van der Waals surface area (Å²) in [6.45, 7) is 10.2. The summed E-state index contributed by atoms with van der Waals surface area (Å²) in [5.74, 6) is -0.196. The lowest BCUT2D eigenvalue weighted by atomic mass is 9.83. The fourth-order valence-electron chi connectivity index (χ4n) is 2.50. The monoisotopic (exact) mass is 324 g/mol. The van der Waals surface area contributed by atoms with Gasteiger partial charge in [0.15, 0.2) is 5.82 Å². The third-order valence-corrected chi connectivity index (χ3v) is 4.74. The fraction of sp³-hybridized carbons (Fsp3) is 0.625. The Hall–Kier alpha value is -1.30. The van der Waals surface area contributed by atoms with Gasteiger partial charge < -0.3 is 0 Å². The number of nitrogens with zero attached hydrogens (tertiary/aromatic N) is 2.